The minimum absolute atomic E-state index is 0.0974. The first-order valence-electron chi connectivity index (χ1n) is 8.56. The molecule has 0 spiro atoms. The molecule has 7 heteroatoms. The normalized spacial score (nSPS) is 14.2. The van der Waals surface area contributed by atoms with Gasteiger partial charge in [-0.25, -0.2) is 8.78 Å². The van der Waals surface area contributed by atoms with Crippen LogP contribution >= 0.6 is 0 Å². The van der Waals surface area contributed by atoms with E-state index >= 15 is 0 Å². The molecule has 0 fully saturated rings. The fourth-order valence-corrected chi connectivity index (χ4v) is 3.36. The highest BCUT2D eigenvalue weighted by atomic mass is 19.2. The summed E-state index contributed by atoms with van der Waals surface area (Å²) < 4.78 is 37.3. The van der Waals surface area contributed by atoms with Crippen molar-refractivity contribution < 1.29 is 23.1 Å². The van der Waals surface area contributed by atoms with Crippen molar-refractivity contribution in [3.05, 3.63) is 64.9 Å². The van der Waals surface area contributed by atoms with Crippen LogP contribution in [0.25, 0.3) is 11.3 Å². The minimum atomic E-state index is -0.911. The summed E-state index contributed by atoms with van der Waals surface area (Å²) in [5.74, 6) is -0.509. The van der Waals surface area contributed by atoms with Gasteiger partial charge in [0, 0.05) is 37.2 Å². The summed E-state index contributed by atoms with van der Waals surface area (Å²) in [6.07, 6.45) is 0.675. The Morgan fingerprint density at radius 2 is 2.04 bits per heavy atom. The van der Waals surface area contributed by atoms with Gasteiger partial charge in [-0.05, 0) is 35.9 Å². The number of phenolic OH excluding ortho intramolecular Hbond substituents is 1. The molecule has 5 nitrogen and oxygen atoms in total. The number of fused-ring (bicyclic) bond motifs is 1. The monoisotopic (exact) mass is 372 g/mol. The molecule has 0 saturated carbocycles. The van der Waals surface area contributed by atoms with Gasteiger partial charge in [0.25, 0.3) is 0 Å². The summed E-state index contributed by atoms with van der Waals surface area (Å²) in [5, 5.41) is 14.0. The van der Waals surface area contributed by atoms with Crippen molar-refractivity contribution in [2.24, 2.45) is 0 Å². The fourth-order valence-electron chi connectivity index (χ4n) is 3.36. The Hall–Kier alpha value is -2.93. The van der Waals surface area contributed by atoms with Crippen LogP contribution in [0.2, 0.25) is 0 Å². The Morgan fingerprint density at radius 3 is 2.78 bits per heavy atom. The molecule has 0 unspecified atom stereocenters. The molecule has 2 aromatic carbocycles. The summed E-state index contributed by atoms with van der Waals surface area (Å²) in [5.41, 5.74) is 2.85. The highest BCUT2D eigenvalue weighted by Gasteiger charge is 2.25. The number of benzene rings is 2. The van der Waals surface area contributed by atoms with Crippen LogP contribution in [-0.2, 0) is 19.5 Å². The zero-order valence-corrected chi connectivity index (χ0v) is 14.7. The van der Waals surface area contributed by atoms with Crippen LogP contribution in [0.3, 0.4) is 0 Å². The van der Waals surface area contributed by atoms with Gasteiger partial charge in [0.05, 0.1) is 7.11 Å². The number of aromatic nitrogens is 1. The lowest BCUT2D eigenvalue weighted by molar-refractivity contribution is 0.228. The van der Waals surface area contributed by atoms with Crippen molar-refractivity contribution in [3.8, 4) is 22.8 Å². The minimum Gasteiger partial charge on any atom is -0.504 e. The zero-order chi connectivity index (χ0) is 19.0. The van der Waals surface area contributed by atoms with Crippen LogP contribution in [0.5, 0.6) is 11.5 Å². The number of aromatic hydroxyl groups is 1. The van der Waals surface area contributed by atoms with E-state index in [1.807, 2.05) is 6.07 Å². The van der Waals surface area contributed by atoms with Gasteiger partial charge in [-0.1, -0.05) is 11.2 Å². The second kappa shape index (κ2) is 7.00. The third-order valence-electron chi connectivity index (χ3n) is 4.75. The molecule has 1 aliphatic heterocycles. The van der Waals surface area contributed by atoms with Gasteiger partial charge in [-0.15, -0.1) is 0 Å². The summed E-state index contributed by atoms with van der Waals surface area (Å²) in [6.45, 7) is 1.96. The number of halogens is 2. The molecule has 140 valence electrons. The van der Waals surface area contributed by atoms with Crippen molar-refractivity contribution in [2.45, 2.75) is 19.5 Å². The van der Waals surface area contributed by atoms with E-state index in [1.54, 1.807) is 12.1 Å². The van der Waals surface area contributed by atoms with E-state index in [0.29, 0.717) is 36.5 Å². The summed E-state index contributed by atoms with van der Waals surface area (Å²) in [7, 11) is 1.51. The average molecular weight is 372 g/mol. The molecule has 0 bridgehead atoms. The van der Waals surface area contributed by atoms with E-state index in [9.17, 15) is 13.9 Å². The van der Waals surface area contributed by atoms with E-state index in [4.69, 9.17) is 9.26 Å². The third kappa shape index (κ3) is 3.38. The van der Waals surface area contributed by atoms with Crippen molar-refractivity contribution in [3.63, 3.8) is 0 Å². The molecule has 4 rings (SSSR count). The number of rotatable bonds is 4. The molecule has 0 aliphatic carbocycles. The molecule has 0 atom stereocenters. The zero-order valence-electron chi connectivity index (χ0n) is 14.7. The third-order valence-corrected chi connectivity index (χ3v) is 4.75. The second-order valence-electron chi connectivity index (χ2n) is 6.53. The molecule has 3 aromatic rings. The summed E-state index contributed by atoms with van der Waals surface area (Å²) in [6, 6.07) is 9.03. The molecule has 27 heavy (non-hydrogen) atoms. The van der Waals surface area contributed by atoms with Crippen LogP contribution in [0.1, 0.15) is 16.9 Å². The number of nitrogens with zero attached hydrogens (tertiary/aromatic N) is 2. The number of ether oxygens (including phenoxy) is 1. The summed E-state index contributed by atoms with van der Waals surface area (Å²) >= 11 is 0. The van der Waals surface area contributed by atoms with Crippen molar-refractivity contribution in [2.75, 3.05) is 13.7 Å². The maximum absolute atomic E-state index is 13.6. The molecule has 1 aromatic heterocycles. The van der Waals surface area contributed by atoms with E-state index in [-0.39, 0.29) is 5.75 Å². The molecular formula is C20H18F2N2O3. The number of phenols is 1. The maximum atomic E-state index is 13.6. The maximum Gasteiger partial charge on any atom is 0.160 e. The van der Waals surface area contributed by atoms with Crippen LogP contribution in [-0.4, -0.2) is 28.8 Å². The van der Waals surface area contributed by atoms with E-state index < -0.39 is 11.6 Å². The topological polar surface area (TPSA) is 58.7 Å². The standard InChI is InChI=1S/C20H18F2N2O3/c1-26-19-5-2-12(8-17(19)25)10-24-7-6-18-14(11-24)20(23-27-18)13-3-4-15(21)16(22)9-13/h2-5,8-9,25H,6-7,10-11H2,1H3. The predicted octanol–water partition coefficient (Wildman–Crippen LogP) is 3.89. The Labute approximate surface area is 154 Å². The van der Waals surface area contributed by atoms with Crippen LogP contribution in [0, 0.1) is 11.6 Å². The highest BCUT2D eigenvalue weighted by molar-refractivity contribution is 5.63. The van der Waals surface area contributed by atoms with Gasteiger partial charge < -0.3 is 14.4 Å². The first kappa shape index (κ1) is 17.5. The van der Waals surface area contributed by atoms with Gasteiger partial charge in [0.2, 0.25) is 0 Å². The van der Waals surface area contributed by atoms with Gasteiger partial charge in [-0.3, -0.25) is 4.90 Å². The van der Waals surface area contributed by atoms with Crippen molar-refractivity contribution >= 4 is 0 Å². The van der Waals surface area contributed by atoms with Gasteiger partial charge in [-0.2, -0.15) is 0 Å². The fraction of sp³-hybridized carbons (Fsp3) is 0.250. The SMILES string of the molecule is COc1ccc(CN2CCc3onc(-c4ccc(F)c(F)c4)c3C2)cc1O. The lowest BCUT2D eigenvalue weighted by atomic mass is 10.0. The van der Waals surface area contributed by atoms with Crippen LogP contribution < -0.4 is 4.74 Å². The molecule has 0 amide bonds. The Bertz CT molecular complexity index is 987. The molecule has 1 aliphatic rings. The molecule has 0 radical (unpaired) electrons. The molecule has 1 N–H and O–H groups in total. The second-order valence-corrected chi connectivity index (χ2v) is 6.53. The van der Waals surface area contributed by atoms with Gasteiger partial charge in [0.1, 0.15) is 11.5 Å². The quantitative estimate of drug-likeness (QED) is 0.753. The van der Waals surface area contributed by atoms with Crippen LogP contribution in [0.15, 0.2) is 40.9 Å². The highest BCUT2D eigenvalue weighted by Crippen LogP contribution is 2.32. The Kier molecular flexibility index (Phi) is 4.53. The number of hydrogen-bond acceptors (Lipinski definition) is 5. The van der Waals surface area contributed by atoms with Crippen molar-refractivity contribution in [1.82, 2.24) is 10.1 Å². The Morgan fingerprint density at radius 1 is 1.19 bits per heavy atom. The predicted molar refractivity (Wildman–Crippen MR) is 94.3 cm³/mol. The molecule has 0 saturated heterocycles. The molecular weight excluding hydrogens is 354 g/mol. The average Bonchev–Trinajstić information content (AvgIpc) is 3.07. The summed E-state index contributed by atoms with van der Waals surface area (Å²) in [4.78, 5) is 2.18. The largest absolute Gasteiger partial charge is 0.504 e. The van der Waals surface area contributed by atoms with Crippen molar-refractivity contribution in [1.29, 1.82) is 0 Å². The molecule has 2 heterocycles. The Balaban J connectivity index is 1.57. The smallest absolute Gasteiger partial charge is 0.160 e. The first-order valence-corrected chi connectivity index (χ1v) is 8.56. The number of methoxy groups -OCH3 is 1. The van der Waals surface area contributed by atoms with E-state index in [1.165, 1.54) is 13.2 Å². The number of hydrogen-bond donors (Lipinski definition) is 1. The van der Waals surface area contributed by atoms with Crippen LogP contribution in [0.4, 0.5) is 8.78 Å². The first-order chi connectivity index (χ1) is 13.0. The van der Waals surface area contributed by atoms with Gasteiger partial charge in [0.15, 0.2) is 23.1 Å². The van der Waals surface area contributed by atoms with Gasteiger partial charge >= 0.3 is 0 Å². The lowest BCUT2D eigenvalue weighted by Gasteiger charge is -2.26. The van der Waals surface area contributed by atoms with E-state index in [2.05, 4.69) is 10.1 Å². The van der Waals surface area contributed by atoms with E-state index in [0.717, 1.165) is 35.6 Å². The lowest BCUT2D eigenvalue weighted by Crippen LogP contribution is -2.29.